The molecule has 1 saturated heterocycles. The maximum absolute atomic E-state index is 12.5. The molecule has 0 aromatic heterocycles. The van der Waals surface area contributed by atoms with Gasteiger partial charge in [-0.1, -0.05) is 18.2 Å². The van der Waals surface area contributed by atoms with E-state index in [2.05, 4.69) is 0 Å². The number of carboxylic acid groups (broad SMARTS) is 1. The zero-order valence-electron chi connectivity index (χ0n) is 12.4. The Morgan fingerprint density at radius 1 is 1.04 bits per heavy atom. The average molecular weight is 357 g/mol. The standard InChI is InChI=1S/C14H18N2O5S2/c17-13(10-22-11-14(18)19)15-6-8-16(9-7-15)23(20,21)12-4-2-1-3-5-12/h1-5H,6-11H2,(H,18,19)/p-1. The third-order valence-corrected chi connectivity index (χ3v) is 6.22. The molecule has 0 bridgehead atoms. The zero-order valence-corrected chi connectivity index (χ0v) is 14.0. The molecule has 0 atom stereocenters. The van der Waals surface area contributed by atoms with Gasteiger partial charge in [-0.05, 0) is 12.1 Å². The van der Waals surface area contributed by atoms with Crippen LogP contribution in [0.5, 0.6) is 0 Å². The van der Waals surface area contributed by atoms with Gasteiger partial charge in [-0.25, -0.2) is 8.42 Å². The van der Waals surface area contributed by atoms with Crippen molar-refractivity contribution in [1.29, 1.82) is 0 Å². The predicted molar refractivity (Wildman–Crippen MR) is 84.1 cm³/mol. The van der Waals surface area contributed by atoms with E-state index < -0.39 is 16.0 Å². The first-order chi connectivity index (χ1) is 10.9. The van der Waals surface area contributed by atoms with Crippen molar-refractivity contribution in [2.45, 2.75) is 4.90 Å². The van der Waals surface area contributed by atoms with Gasteiger partial charge in [0, 0.05) is 31.9 Å². The largest absolute Gasteiger partial charge is 0.549 e. The molecule has 1 aromatic carbocycles. The minimum absolute atomic E-state index is 0.0550. The third-order valence-electron chi connectivity index (χ3n) is 3.42. The van der Waals surface area contributed by atoms with Crippen LogP contribution in [-0.2, 0) is 19.6 Å². The monoisotopic (exact) mass is 357 g/mol. The second kappa shape index (κ2) is 7.80. The van der Waals surface area contributed by atoms with Crippen molar-refractivity contribution >= 4 is 33.7 Å². The van der Waals surface area contributed by atoms with Gasteiger partial charge in [-0.15, -0.1) is 11.8 Å². The van der Waals surface area contributed by atoms with Gasteiger partial charge in [0.25, 0.3) is 0 Å². The summed E-state index contributed by atoms with van der Waals surface area (Å²) in [4.78, 5) is 24.0. The van der Waals surface area contributed by atoms with Crippen LogP contribution in [0.4, 0.5) is 0 Å². The second-order valence-electron chi connectivity index (χ2n) is 4.96. The minimum Gasteiger partial charge on any atom is -0.549 e. The van der Waals surface area contributed by atoms with E-state index in [1.807, 2.05) is 0 Å². The Balaban J connectivity index is 1.88. The SMILES string of the molecule is O=C([O-])CSCC(=O)N1CCN(S(=O)(=O)c2ccccc2)CC1. The Morgan fingerprint density at radius 3 is 2.22 bits per heavy atom. The summed E-state index contributed by atoms with van der Waals surface area (Å²) in [6, 6.07) is 8.18. The van der Waals surface area contributed by atoms with Gasteiger partial charge in [0.05, 0.1) is 16.6 Å². The number of amides is 1. The molecule has 0 radical (unpaired) electrons. The van der Waals surface area contributed by atoms with Crippen LogP contribution in [0.2, 0.25) is 0 Å². The van der Waals surface area contributed by atoms with Crippen LogP contribution in [0.3, 0.4) is 0 Å². The Bertz CT molecular complexity index is 655. The summed E-state index contributed by atoms with van der Waals surface area (Å²) < 4.78 is 26.3. The lowest BCUT2D eigenvalue weighted by Crippen LogP contribution is -2.51. The first-order valence-corrected chi connectivity index (χ1v) is 9.61. The molecule has 9 heteroatoms. The molecule has 1 aliphatic heterocycles. The Morgan fingerprint density at radius 2 is 1.65 bits per heavy atom. The highest BCUT2D eigenvalue weighted by molar-refractivity contribution is 8.00. The van der Waals surface area contributed by atoms with E-state index in [9.17, 15) is 23.1 Å². The maximum Gasteiger partial charge on any atom is 0.243 e. The molecule has 0 N–H and O–H groups in total. The van der Waals surface area contributed by atoms with Crippen molar-refractivity contribution < 1.29 is 23.1 Å². The molecule has 0 saturated carbocycles. The topological polar surface area (TPSA) is 97.8 Å². The Kier molecular flexibility index (Phi) is 6.03. The quantitative estimate of drug-likeness (QED) is 0.648. The molecule has 126 valence electrons. The molecular formula is C14H17N2O5S2-. The summed E-state index contributed by atoms with van der Waals surface area (Å²) >= 11 is 0.981. The number of benzene rings is 1. The number of hydrogen-bond donors (Lipinski definition) is 0. The van der Waals surface area contributed by atoms with Crippen molar-refractivity contribution in [3.8, 4) is 0 Å². The number of carbonyl (C=O) groups is 2. The van der Waals surface area contributed by atoms with Gasteiger partial charge in [0.2, 0.25) is 15.9 Å². The normalized spacial score (nSPS) is 16.3. The van der Waals surface area contributed by atoms with Gasteiger partial charge < -0.3 is 14.8 Å². The van der Waals surface area contributed by atoms with E-state index in [1.54, 1.807) is 35.2 Å². The number of piperazine rings is 1. The number of thioether (sulfide) groups is 1. The van der Waals surface area contributed by atoms with Crippen LogP contribution in [0.1, 0.15) is 0 Å². The number of nitrogens with zero attached hydrogens (tertiary/aromatic N) is 2. The van der Waals surface area contributed by atoms with Gasteiger partial charge in [0.15, 0.2) is 0 Å². The molecule has 1 aromatic rings. The van der Waals surface area contributed by atoms with Crippen molar-refractivity contribution in [1.82, 2.24) is 9.21 Å². The van der Waals surface area contributed by atoms with Crippen molar-refractivity contribution in [3.63, 3.8) is 0 Å². The number of aliphatic carboxylic acids is 1. The first kappa shape index (κ1) is 17.8. The van der Waals surface area contributed by atoms with E-state index in [0.717, 1.165) is 11.8 Å². The maximum atomic E-state index is 12.5. The van der Waals surface area contributed by atoms with Crippen LogP contribution >= 0.6 is 11.8 Å². The fourth-order valence-electron chi connectivity index (χ4n) is 2.23. The lowest BCUT2D eigenvalue weighted by molar-refractivity contribution is -0.301. The predicted octanol–water partition coefficient (Wildman–Crippen LogP) is -0.997. The van der Waals surface area contributed by atoms with Crippen LogP contribution in [0.15, 0.2) is 35.2 Å². The van der Waals surface area contributed by atoms with E-state index in [4.69, 9.17) is 0 Å². The lowest BCUT2D eigenvalue weighted by Gasteiger charge is -2.34. The first-order valence-electron chi connectivity index (χ1n) is 7.02. The lowest BCUT2D eigenvalue weighted by atomic mass is 10.3. The van der Waals surface area contributed by atoms with Crippen LogP contribution in [0.25, 0.3) is 0 Å². The average Bonchev–Trinajstić information content (AvgIpc) is 2.55. The second-order valence-corrected chi connectivity index (χ2v) is 7.89. The van der Waals surface area contributed by atoms with Gasteiger partial charge in [-0.3, -0.25) is 4.79 Å². The number of rotatable bonds is 6. The smallest absolute Gasteiger partial charge is 0.243 e. The molecule has 0 aliphatic carbocycles. The summed E-state index contributed by atoms with van der Waals surface area (Å²) in [6.07, 6.45) is 0. The van der Waals surface area contributed by atoms with Gasteiger partial charge in [-0.2, -0.15) is 4.31 Å². The molecule has 1 aliphatic rings. The van der Waals surface area contributed by atoms with E-state index >= 15 is 0 Å². The molecule has 2 rings (SSSR count). The fraction of sp³-hybridized carbons (Fsp3) is 0.429. The Labute approximate surface area is 139 Å². The summed E-state index contributed by atoms with van der Waals surface area (Å²) in [5.74, 6) is -1.57. The molecule has 1 amide bonds. The minimum atomic E-state index is -3.54. The molecule has 23 heavy (non-hydrogen) atoms. The number of sulfonamides is 1. The summed E-state index contributed by atoms with van der Waals surface area (Å²) in [7, 11) is -3.54. The highest BCUT2D eigenvalue weighted by Gasteiger charge is 2.29. The number of carbonyl (C=O) groups excluding carboxylic acids is 2. The summed E-state index contributed by atoms with van der Waals surface area (Å²) in [5.41, 5.74) is 0. The highest BCUT2D eigenvalue weighted by atomic mass is 32.2. The van der Waals surface area contributed by atoms with Crippen molar-refractivity contribution in [2.24, 2.45) is 0 Å². The van der Waals surface area contributed by atoms with E-state index in [-0.39, 0.29) is 35.4 Å². The van der Waals surface area contributed by atoms with Gasteiger partial charge >= 0.3 is 0 Å². The fourth-order valence-corrected chi connectivity index (χ4v) is 4.30. The van der Waals surface area contributed by atoms with Crippen molar-refractivity contribution in [3.05, 3.63) is 30.3 Å². The molecule has 0 unspecified atom stereocenters. The van der Waals surface area contributed by atoms with Crippen LogP contribution < -0.4 is 5.11 Å². The van der Waals surface area contributed by atoms with E-state index in [0.29, 0.717) is 13.1 Å². The zero-order chi connectivity index (χ0) is 16.9. The van der Waals surface area contributed by atoms with E-state index in [1.165, 1.54) is 4.31 Å². The summed E-state index contributed by atoms with van der Waals surface area (Å²) in [5, 5.41) is 10.3. The molecular weight excluding hydrogens is 340 g/mol. The highest BCUT2D eigenvalue weighted by Crippen LogP contribution is 2.17. The number of carboxylic acids is 1. The molecule has 1 heterocycles. The Hall–Kier alpha value is -1.58. The summed E-state index contributed by atoms with van der Waals surface area (Å²) in [6.45, 7) is 1.07. The number of hydrogen-bond acceptors (Lipinski definition) is 6. The van der Waals surface area contributed by atoms with Gasteiger partial charge in [0.1, 0.15) is 0 Å². The van der Waals surface area contributed by atoms with Crippen LogP contribution in [0, 0.1) is 0 Å². The molecule has 1 fully saturated rings. The molecule has 7 nitrogen and oxygen atoms in total. The molecule has 0 spiro atoms. The third kappa shape index (κ3) is 4.69. The van der Waals surface area contributed by atoms with Crippen LogP contribution in [-0.4, -0.2) is 67.2 Å². The van der Waals surface area contributed by atoms with Crippen molar-refractivity contribution in [2.75, 3.05) is 37.7 Å².